The molecule has 0 aromatic heterocycles. The van der Waals surface area contributed by atoms with Crippen LogP contribution < -0.4 is 11.1 Å². The maximum atomic E-state index is 12.9. The first-order valence-electron chi connectivity index (χ1n) is 5.12. The minimum atomic E-state index is -0.666. The van der Waals surface area contributed by atoms with Gasteiger partial charge in [-0.05, 0) is 18.2 Å². The summed E-state index contributed by atoms with van der Waals surface area (Å²) in [5.74, 6) is -0.751. The van der Waals surface area contributed by atoms with Gasteiger partial charge in [-0.1, -0.05) is 11.6 Å². The van der Waals surface area contributed by atoms with E-state index in [2.05, 4.69) is 5.32 Å². The van der Waals surface area contributed by atoms with Gasteiger partial charge in [-0.3, -0.25) is 4.79 Å². The quantitative estimate of drug-likeness (QED) is 0.861. The molecule has 0 unspecified atom stereocenters. The van der Waals surface area contributed by atoms with Crippen LogP contribution in [-0.4, -0.2) is 25.7 Å². The molecule has 1 fully saturated rings. The minimum Gasteiger partial charge on any atom is -0.379 e. The maximum absolute atomic E-state index is 12.9. The van der Waals surface area contributed by atoms with Gasteiger partial charge in [0.25, 0.3) is 0 Å². The topological polar surface area (TPSA) is 64.4 Å². The van der Waals surface area contributed by atoms with Crippen molar-refractivity contribution in [3.8, 4) is 0 Å². The van der Waals surface area contributed by atoms with Crippen molar-refractivity contribution in [2.45, 2.75) is 0 Å². The Labute approximate surface area is 103 Å². The fourth-order valence-corrected chi connectivity index (χ4v) is 1.71. The van der Waals surface area contributed by atoms with Crippen molar-refractivity contribution in [2.24, 2.45) is 11.1 Å². The van der Waals surface area contributed by atoms with E-state index in [1.54, 1.807) is 0 Å². The number of carbonyl (C=O) groups is 1. The second kappa shape index (κ2) is 4.60. The van der Waals surface area contributed by atoms with Gasteiger partial charge in [0.1, 0.15) is 11.2 Å². The molecule has 3 N–H and O–H groups in total. The third-order valence-electron chi connectivity index (χ3n) is 2.81. The van der Waals surface area contributed by atoms with Crippen LogP contribution in [0.25, 0.3) is 0 Å². The molecule has 0 radical (unpaired) electrons. The number of ether oxygens (including phenoxy) is 1. The van der Waals surface area contributed by atoms with Gasteiger partial charge in [0.05, 0.1) is 18.2 Å². The Hall–Kier alpha value is -1.17. The summed E-state index contributed by atoms with van der Waals surface area (Å²) in [6, 6.07) is 4.01. The molecule has 17 heavy (non-hydrogen) atoms. The van der Waals surface area contributed by atoms with Gasteiger partial charge in [0, 0.05) is 12.2 Å². The average molecular weight is 259 g/mol. The van der Waals surface area contributed by atoms with Crippen molar-refractivity contribution in [1.29, 1.82) is 0 Å². The van der Waals surface area contributed by atoms with Crippen molar-refractivity contribution >= 4 is 23.2 Å². The lowest BCUT2D eigenvalue weighted by atomic mass is 9.85. The largest absolute Gasteiger partial charge is 0.379 e. The predicted molar refractivity (Wildman–Crippen MR) is 62.3 cm³/mol. The van der Waals surface area contributed by atoms with Crippen LogP contribution in [0.4, 0.5) is 10.1 Å². The molecule has 1 saturated heterocycles. The first-order valence-corrected chi connectivity index (χ1v) is 5.49. The van der Waals surface area contributed by atoms with E-state index in [1.807, 2.05) is 0 Å². The predicted octanol–water partition coefficient (Wildman–Crippen LogP) is 1.39. The van der Waals surface area contributed by atoms with Gasteiger partial charge in [0.2, 0.25) is 5.91 Å². The van der Waals surface area contributed by atoms with Crippen LogP contribution in [0.5, 0.6) is 0 Å². The molecule has 1 heterocycles. The summed E-state index contributed by atoms with van der Waals surface area (Å²) < 4.78 is 17.9. The summed E-state index contributed by atoms with van der Waals surface area (Å²) in [5.41, 5.74) is 5.33. The van der Waals surface area contributed by atoms with Gasteiger partial charge in [-0.15, -0.1) is 0 Å². The van der Waals surface area contributed by atoms with Crippen molar-refractivity contribution in [2.75, 3.05) is 25.1 Å². The average Bonchev–Trinajstić information content (AvgIpc) is 2.23. The highest BCUT2D eigenvalue weighted by atomic mass is 35.5. The molecular formula is C11H12ClFN2O2. The SMILES string of the molecule is NCC1(C(=O)Nc2ccc(F)c(Cl)c2)COC1. The van der Waals surface area contributed by atoms with Crippen molar-refractivity contribution in [3.05, 3.63) is 29.0 Å². The zero-order valence-electron chi connectivity index (χ0n) is 9.00. The smallest absolute Gasteiger partial charge is 0.236 e. The van der Waals surface area contributed by atoms with Gasteiger partial charge in [0.15, 0.2) is 0 Å². The van der Waals surface area contributed by atoms with Gasteiger partial charge < -0.3 is 15.8 Å². The first-order chi connectivity index (χ1) is 8.07. The number of amides is 1. The highest BCUT2D eigenvalue weighted by molar-refractivity contribution is 6.31. The minimum absolute atomic E-state index is 0.0329. The number of hydrogen-bond donors (Lipinski definition) is 2. The summed E-state index contributed by atoms with van der Waals surface area (Å²) in [5, 5.41) is 2.62. The molecule has 2 rings (SSSR count). The van der Waals surface area contributed by atoms with E-state index >= 15 is 0 Å². The van der Waals surface area contributed by atoms with Crippen molar-refractivity contribution < 1.29 is 13.9 Å². The molecule has 1 aliphatic heterocycles. The van der Waals surface area contributed by atoms with Crippen LogP contribution in [0, 0.1) is 11.2 Å². The fourth-order valence-electron chi connectivity index (χ4n) is 1.53. The van der Waals surface area contributed by atoms with Crippen LogP contribution >= 0.6 is 11.6 Å². The monoisotopic (exact) mass is 258 g/mol. The second-order valence-corrected chi connectivity index (χ2v) is 4.47. The molecule has 1 amide bonds. The Balaban J connectivity index is 2.10. The third kappa shape index (κ3) is 2.26. The Morgan fingerprint density at radius 3 is 2.76 bits per heavy atom. The normalized spacial score (nSPS) is 17.4. The van der Waals surface area contributed by atoms with E-state index in [4.69, 9.17) is 22.1 Å². The Morgan fingerprint density at radius 2 is 2.29 bits per heavy atom. The molecule has 0 saturated carbocycles. The van der Waals surface area contributed by atoms with Crippen molar-refractivity contribution in [1.82, 2.24) is 0 Å². The van der Waals surface area contributed by atoms with E-state index in [0.717, 1.165) is 0 Å². The van der Waals surface area contributed by atoms with E-state index < -0.39 is 11.2 Å². The lowest BCUT2D eigenvalue weighted by molar-refractivity contribution is -0.153. The van der Waals surface area contributed by atoms with Crippen LogP contribution in [0.1, 0.15) is 0 Å². The number of anilines is 1. The molecule has 0 atom stereocenters. The number of halogens is 2. The summed E-state index contributed by atoms with van der Waals surface area (Å²) in [6.45, 7) is 0.836. The standard InChI is InChI=1S/C11H12ClFN2O2/c12-8-3-7(1-2-9(8)13)15-10(16)11(4-14)5-17-6-11/h1-3H,4-6,14H2,(H,15,16). The van der Waals surface area contributed by atoms with Crippen molar-refractivity contribution in [3.63, 3.8) is 0 Å². The van der Waals surface area contributed by atoms with Crippen LogP contribution in [0.2, 0.25) is 5.02 Å². The molecule has 0 aliphatic carbocycles. The molecule has 92 valence electrons. The molecule has 1 aromatic carbocycles. The van der Waals surface area contributed by atoms with Gasteiger partial charge in [-0.2, -0.15) is 0 Å². The van der Waals surface area contributed by atoms with E-state index in [0.29, 0.717) is 18.9 Å². The van der Waals surface area contributed by atoms with Gasteiger partial charge >= 0.3 is 0 Å². The number of rotatable bonds is 3. The van der Waals surface area contributed by atoms with Crippen LogP contribution in [-0.2, 0) is 9.53 Å². The summed E-state index contributed by atoms with van der Waals surface area (Å²) >= 11 is 5.62. The summed E-state index contributed by atoms with van der Waals surface area (Å²) in [6.07, 6.45) is 0. The molecular weight excluding hydrogens is 247 g/mol. The highest BCUT2D eigenvalue weighted by Crippen LogP contribution is 2.28. The lowest BCUT2D eigenvalue weighted by Crippen LogP contribution is -2.56. The molecule has 4 nitrogen and oxygen atoms in total. The second-order valence-electron chi connectivity index (χ2n) is 4.06. The third-order valence-corrected chi connectivity index (χ3v) is 3.10. The summed E-state index contributed by atoms with van der Waals surface area (Å²) in [4.78, 5) is 11.9. The van der Waals surface area contributed by atoms with Gasteiger partial charge in [-0.25, -0.2) is 4.39 Å². The Morgan fingerprint density at radius 1 is 1.59 bits per heavy atom. The number of hydrogen-bond acceptors (Lipinski definition) is 3. The lowest BCUT2D eigenvalue weighted by Gasteiger charge is -2.38. The number of nitrogens with one attached hydrogen (secondary N) is 1. The van der Waals surface area contributed by atoms with Crippen LogP contribution in [0.15, 0.2) is 18.2 Å². The van der Waals surface area contributed by atoms with E-state index in [9.17, 15) is 9.18 Å². The maximum Gasteiger partial charge on any atom is 0.236 e. The van der Waals surface area contributed by atoms with E-state index in [-0.39, 0.29) is 17.5 Å². The Kier molecular flexibility index (Phi) is 3.33. The number of benzene rings is 1. The summed E-state index contributed by atoms with van der Waals surface area (Å²) in [7, 11) is 0. The van der Waals surface area contributed by atoms with Crippen LogP contribution in [0.3, 0.4) is 0 Å². The number of carbonyl (C=O) groups excluding carboxylic acids is 1. The number of nitrogens with two attached hydrogens (primary N) is 1. The Bertz CT molecular complexity index is 444. The molecule has 1 aliphatic rings. The fraction of sp³-hybridized carbons (Fsp3) is 0.364. The van der Waals surface area contributed by atoms with E-state index in [1.165, 1.54) is 18.2 Å². The molecule has 0 bridgehead atoms. The zero-order chi connectivity index (χ0) is 12.5. The molecule has 1 aromatic rings. The molecule has 6 heteroatoms. The highest BCUT2D eigenvalue weighted by Gasteiger charge is 2.44. The first kappa shape index (κ1) is 12.3. The molecule has 0 spiro atoms. The zero-order valence-corrected chi connectivity index (χ0v) is 9.76.